The van der Waals surface area contributed by atoms with Gasteiger partial charge in [0.25, 0.3) is 0 Å². The zero-order valence-corrected chi connectivity index (χ0v) is 18.1. The number of pyridine rings is 1. The second-order valence-corrected chi connectivity index (χ2v) is 6.22. The van der Waals surface area contributed by atoms with E-state index in [1.165, 1.54) is 16.6 Å². The lowest BCUT2D eigenvalue weighted by Crippen LogP contribution is -3.00. The second-order valence-electron chi connectivity index (χ2n) is 6.22. The third-order valence-electron chi connectivity index (χ3n) is 4.53. The Morgan fingerprint density at radius 1 is 1.17 bits per heavy atom. The van der Waals surface area contributed by atoms with Gasteiger partial charge in [-0.2, -0.15) is 0 Å². The van der Waals surface area contributed by atoms with Crippen molar-refractivity contribution in [2.45, 2.75) is 0 Å². The van der Waals surface area contributed by atoms with Crippen LogP contribution in [-0.4, -0.2) is 50.9 Å². The number of likely N-dealkylation sites (N-methyl/N-ethyl adjacent to an activating group) is 1. The first-order valence-electron chi connectivity index (χ1n) is 7.70. The van der Waals surface area contributed by atoms with Crippen molar-refractivity contribution in [3.05, 3.63) is 36.5 Å². The van der Waals surface area contributed by atoms with E-state index in [-0.39, 0.29) is 48.0 Å². The van der Waals surface area contributed by atoms with Crippen LogP contribution < -0.4 is 57.8 Å². The van der Waals surface area contributed by atoms with Crippen molar-refractivity contribution in [3.63, 3.8) is 0 Å². The van der Waals surface area contributed by atoms with Crippen molar-refractivity contribution < 1.29 is 61.7 Å². The number of benzene rings is 1. The van der Waals surface area contributed by atoms with Crippen molar-refractivity contribution in [2.24, 2.45) is 7.05 Å². The van der Waals surface area contributed by atoms with Gasteiger partial charge < -0.3 is 62.5 Å². The van der Waals surface area contributed by atoms with E-state index in [1.54, 1.807) is 0 Å². The largest absolute Gasteiger partial charge is 1.00 e. The standard InChI is InChI=1S/C17H24N3O.2HI/c1-19-8-3-4-15-5-6-16(14-17(15)19)18-7-9-20(2)10-12-21-13-11-20;;/h3-6,8,14H,7,9-13H2,1-2H3;2*1H/q+1;;/p-1. The van der Waals surface area contributed by atoms with E-state index in [2.05, 4.69) is 60.5 Å². The fraction of sp³-hybridized carbons (Fsp3) is 0.471. The van der Waals surface area contributed by atoms with Crippen molar-refractivity contribution >= 4 is 16.6 Å². The number of anilines is 1. The summed E-state index contributed by atoms with van der Waals surface area (Å²) in [7, 11) is 4.41. The smallest absolute Gasteiger partial charge is 0.214 e. The molecule has 1 aromatic heterocycles. The van der Waals surface area contributed by atoms with Gasteiger partial charge in [0.1, 0.15) is 20.1 Å². The van der Waals surface area contributed by atoms with Gasteiger partial charge in [0.05, 0.1) is 33.4 Å². The van der Waals surface area contributed by atoms with E-state index < -0.39 is 0 Å². The fourth-order valence-corrected chi connectivity index (χ4v) is 2.93. The maximum Gasteiger partial charge on any atom is 0.214 e. The minimum Gasteiger partial charge on any atom is -1.00 e. The van der Waals surface area contributed by atoms with E-state index in [9.17, 15) is 0 Å². The highest BCUT2D eigenvalue weighted by atomic mass is 127. The molecule has 0 amide bonds. The Morgan fingerprint density at radius 2 is 1.91 bits per heavy atom. The number of rotatable bonds is 4. The van der Waals surface area contributed by atoms with Crippen molar-refractivity contribution in [1.29, 1.82) is 0 Å². The number of hydrogen-bond donors (Lipinski definition) is 1. The van der Waals surface area contributed by atoms with E-state index >= 15 is 0 Å². The molecule has 0 bridgehead atoms. The van der Waals surface area contributed by atoms with Gasteiger partial charge in [-0.25, -0.2) is 4.57 Å². The van der Waals surface area contributed by atoms with Gasteiger partial charge in [0.15, 0.2) is 6.20 Å². The van der Waals surface area contributed by atoms with Crippen LogP contribution >= 0.6 is 0 Å². The number of aryl methyl sites for hydroxylation is 1. The van der Waals surface area contributed by atoms with Crippen molar-refractivity contribution in [3.8, 4) is 0 Å². The van der Waals surface area contributed by atoms with Gasteiger partial charge in [-0.1, -0.05) is 0 Å². The number of halogens is 2. The lowest BCUT2D eigenvalue weighted by molar-refractivity contribution is -0.915. The molecular formula is C17H25I2N3O. The molecule has 0 atom stereocenters. The van der Waals surface area contributed by atoms with E-state index in [1.807, 2.05) is 0 Å². The topological polar surface area (TPSA) is 25.1 Å². The number of quaternary nitrogens is 1. The highest BCUT2D eigenvalue weighted by Gasteiger charge is 2.24. The molecule has 1 aliphatic heterocycles. The number of fused-ring (bicyclic) bond motifs is 1. The van der Waals surface area contributed by atoms with Gasteiger partial charge in [-0.15, -0.1) is 0 Å². The van der Waals surface area contributed by atoms with Gasteiger partial charge >= 0.3 is 0 Å². The number of nitrogens with one attached hydrogen (secondary N) is 1. The summed E-state index contributed by atoms with van der Waals surface area (Å²) in [6.07, 6.45) is 2.09. The number of morpholine rings is 1. The average Bonchev–Trinajstić information content (AvgIpc) is 2.49. The number of ether oxygens (including phenoxy) is 1. The lowest BCUT2D eigenvalue weighted by atomic mass is 10.2. The molecule has 0 saturated carbocycles. The van der Waals surface area contributed by atoms with Gasteiger partial charge in [-0.3, -0.25) is 0 Å². The Kier molecular flexibility index (Phi) is 8.46. The molecule has 1 fully saturated rings. The average molecular weight is 541 g/mol. The quantitative estimate of drug-likeness (QED) is 0.241. The second kappa shape index (κ2) is 9.33. The van der Waals surface area contributed by atoms with Crippen LogP contribution in [0.2, 0.25) is 0 Å². The predicted molar refractivity (Wildman–Crippen MR) is 85.2 cm³/mol. The predicted octanol–water partition coefficient (Wildman–Crippen LogP) is -4.44. The third-order valence-corrected chi connectivity index (χ3v) is 4.53. The minimum absolute atomic E-state index is 0. The molecule has 6 heteroatoms. The SMILES string of the molecule is C[n+]1cccc2ccc(NCC[N+]3(C)CCOCC3)cc21.[I-].[I-]. The van der Waals surface area contributed by atoms with Gasteiger partial charge in [-0.05, 0) is 18.2 Å². The van der Waals surface area contributed by atoms with Gasteiger partial charge in [0, 0.05) is 23.2 Å². The highest BCUT2D eigenvalue weighted by Crippen LogP contribution is 2.16. The summed E-state index contributed by atoms with van der Waals surface area (Å²) in [4.78, 5) is 0. The summed E-state index contributed by atoms with van der Waals surface area (Å²) >= 11 is 0. The van der Waals surface area contributed by atoms with Crippen molar-refractivity contribution in [1.82, 2.24) is 0 Å². The van der Waals surface area contributed by atoms with Crippen LogP contribution in [0.5, 0.6) is 0 Å². The summed E-state index contributed by atoms with van der Waals surface area (Å²) in [6, 6.07) is 10.8. The minimum atomic E-state index is 0. The van der Waals surface area contributed by atoms with Gasteiger partial charge in [0.2, 0.25) is 5.52 Å². The number of hydrogen-bond acceptors (Lipinski definition) is 2. The molecule has 2 heterocycles. The number of nitrogens with zero attached hydrogens (tertiary/aromatic N) is 2. The molecule has 0 unspecified atom stereocenters. The summed E-state index contributed by atoms with van der Waals surface area (Å²) in [6.45, 7) is 6.16. The first kappa shape index (κ1) is 20.9. The monoisotopic (exact) mass is 541 g/mol. The summed E-state index contributed by atoms with van der Waals surface area (Å²) in [5, 5.41) is 4.84. The summed E-state index contributed by atoms with van der Waals surface area (Å²) < 4.78 is 8.72. The Morgan fingerprint density at radius 3 is 2.65 bits per heavy atom. The zero-order valence-electron chi connectivity index (χ0n) is 13.8. The maximum atomic E-state index is 5.45. The molecule has 0 radical (unpaired) electrons. The maximum absolute atomic E-state index is 5.45. The molecule has 0 aliphatic carbocycles. The van der Waals surface area contributed by atoms with Crippen LogP contribution in [0.15, 0.2) is 36.5 Å². The Labute approximate surface area is 172 Å². The fourth-order valence-electron chi connectivity index (χ4n) is 2.93. The molecule has 3 rings (SSSR count). The van der Waals surface area contributed by atoms with Crippen molar-refractivity contribution in [2.75, 3.05) is 51.8 Å². The molecule has 1 aliphatic rings. The molecule has 1 saturated heterocycles. The van der Waals surface area contributed by atoms with E-state index in [0.29, 0.717) is 0 Å². The normalized spacial score (nSPS) is 16.3. The molecule has 1 aromatic carbocycles. The van der Waals surface area contributed by atoms with Crippen LogP contribution in [0.3, 0.4) is 0 Å². The highest BCUT2D eigenvalue weighted by molar-refractivity contribution is 5.79. The van der Waals surface area contributed by atoms with Crippen LogP contribution in [0.4, 0.5) is 5.69 Å². The molecule has 128 valence electrons. The molecule has 0 spiro atoms. The summed E-state index contributed by atoms with van der Waals surface area (Å²) in [5.41, 5.74) is 2.46. The van der Waals surface area contributed by atoms with Crippen LogP contribution in [0.1, 0.15) is 0 Å². The Hall–Kier alpha value is -0.190. The third kappa shape index (κ3) is 5.40. The van der Waals surface area contributed by atoms with E-state index in [0.717, 1.165) is 43.9 Å². The molecule has 1 N–H and O–H groups in total. The zero-order chi connectivity index (χ0) is 14.7. The number of aromatic nitrogens is 1. The van der Waals surface area contributed by atoms with E-state index in [4.69, 9.17) is 4.74 Å². The van der Waals surface area contributed by atoms with Crippen LogP contribution in [-0.2, 0) is 11.8 Å². The van der Waals surface area contributed by atoms with Crippen LogP contribution in [0.25, 0.3) is 10.9 Å². The Balaban J connectivity index is 0.00000132. The lowest BCUT2D eigenvalue weighted by Gasteiger charge is -2.37. The van der Waals surface area contributed by atoms with Crippen LogP contribution in [0, 0.1) is 0 Å². The first-order chi connectivity index (χ1) is 10.2. The first-order valence-corrected chi connectivity index (χ1v) is 7.70. The summed E-state index contributed by atoms with van der Waals surface area (Å²) in [5.74, 6) is 0. The molecular weight excluding hydrogens is 516 g/mol. The Bertz CT molecular complexity index is 630. The molecule has 23 heavy (non-hydrogen) atoms. The molecule has 2 aromatic rings. The molecule has 4 nitrogen and oxygen atoms in total.